The molecule has 0 bridgehead atoms. The van der Waals surface area contributed by atoms with Gasteiger partial charge in [-0.1, -0.05) is 30.3 Å². The lowest BCUT2D eigenvalue weighted by atomic mass is 10.2. The van der Waals surface area contributed by atoms with Crippen LogP contribution in [0.2, 0.25) is 0 Å². The third-order valence-electron chi connectivity index (χ3n) is 2.02. The van der Waals surface area contributed by atoms with Crippen molar-refractivity contribution in [1.29, 1.82) is 0 Å². The number of esters is 1. The topological polar surface area (TPSA) is 61.8 Å². The molecule has 1 aliphatic rings. The van der Waals surface area contributed by atoms with E-state index in [1.165, 1.54) is 0 Å². The molecular formula is C11H10O5. The highest BCUT2D eigenvalue weighted by atomic mass is 16.8. The van der Waals surface area contributed by atoms with Crippen LogP contribution >= 0.6 is 0 Å². The number of benzene rings is 1. The molecule has 84 valence electrons. The second-order valence-corrected chi connectivity index (χ2v) is 3.27. The van der Waals surface area contributed by atoms with E-state index in [0.29, 0.717) is 0 Å². The second kappa shape index (κ2) is 4.65. The van der Waals surface area contributed by atoms with E-state index in [1.807, 2.05) is 30.3 Å². The molecule has 0 radical (unpaired) electrons. The smallest absolute Gasteiger partial charge is 0.429 e. The molecule has 0 N–H and O–H groups in total. The van der Waals surface area contributed by atoms with Gasteiger partial charge >= 0.3 is 12.1 Å². The number of rotatable bonds is 3. The van der Waals surface area contributed by atoms with Crippen molar-refractivity contribution >= 4 is 12.1 Å². The summed E-state index contributed by atoms with van der Waals surface area (Å²) in [7, 11) is 0. The van der Waals surface area contributed by atoms with Gasteiger partial charge in [0.2, 0.25) is 0 Å². The van der Waals surface area contributed by atoms with Gasteiger partial charge in [-0.25, -0.2) is 4.79 Å². The van der Waals surface area contributed by atoms with E-state index in [2.05, 4.69) is 9.47 Å². The van der Waals surface area contributed by atoms with Crippen molar-refractivity contribution in [3.63, 3.8) is 0 Å². The number of carbonyl (C=O) groups is 2. The first-order valence-corrected chi connectivity index (χ1v) is 4.81. The molecule has 16 heavy (non-hydrogen) atoms. The molecule has 1 atom stereocenters. The molecule has 1 unspecified atom stereocenters. The summed E-state index contributed by atoms with van der Waals surface area (Å²) >= 11 is 0. The van der Waals surface area contributed by atoms with Crippen LogP contribution in [0, 0.1) is 0 Å². The maximum atomic E-state index is 11.1. The Kier molecular flexibility index (Phi) is 3.05. The summed E-state index contributed by atoms with van der Waals surface area (Å²) < 4.78 is 14.0. The van der Waals surface area contributed by atoms with Crippen molar-refractivity contribution in [1.82, 2.24) is 0 Å². The molecule has 1 saturated heterocycles. The number of cyclic esters (lactones) is 1. The van der Waals surface area contributed by atoms with E-state index in [4.69, 9.17) is 4.74 Å². The SMILES string of the molecule is O=C1CC(OC(=O)OCc2ccccc2)O1. The fraction of sp³-hybridized carbons (Fsp3) is 0.273. The molecule has 1 heterocycles. The number of hydrogen-bond donors (Lipinski definition) is 0. The van der Waals surface area contributed by atoms with E-state index >= 15 is 0 Å². The summed E-state index contributed by atoms with van der Waals surface area (Å²) in [5.41, 5.74) is 0.866. The Morgan fingerprint density at radius 3 is 2.69 bits per heavy atom. The zero-order chi connectivity index (χ0) is 11.4. The van der Waals surface area contributed by atoms with Crippen LogP contribution in [0.4, 0.5) is 4.79 Å². The van der Waals surface area contributed by atoms with E-state index < -0.39 is 12.4 Å². The number of ether oxygens (including phenoxy) is 3. The van der Waals surface area contributed by atoms with Gasteiger partial charge in [0.15, 0.2) is 0 Å². The van der Waals surface area contributed by atoms with Crippen LogP contribution in [0.15, 0.2) is 30.3 Å². The van der Waals surface area contributed by atoms with Crippen LogP contribution in [0.1, 0.15) is 12.0 Å². The lowest BCUT2D eigenvalue weighted by molar-refractivity contribution is -0.206. The minimum absolute atomic E-state index is 0.0977. The van der Waals surface area contributed by atoms with Crippen LogP contribution in [-0.4, -0.2) is 18.4 Å². The summed E-state index contributed by atoms with van der Waals surface area (Å²) in [5.74, 6) is -0.374. The maximum Gasteiger partial charge on any atom is 0.511 e. The van der Waals surface area contributed by atoms with Gasteiger partial charge < -0.3 is 14.2 Å². The average Bonchev–Trinajstić information content (AvgIpc) is 2.26. The number of hydrogen-bond acceptors (Lipinski definition) is 5. The number of carbonyl (C=O) groups excluding carboxylic acids is 2. The fourth-order valence-corrected chi connectivity index (χ4v) is 1.20. The maximum absolute atomic E-state index is 11.1. The van der Waals surface area contributed by atoms with E-state index in [0.717, 1.165) is 5.56 Å². The Labute approximate surface area is 91.9 Å². The van der Waals surface area contributed by atoms with Crippen LogP contribution in [-0.2, 0) is 25.6 Å². The highest BCUT2D eigenvalue weighted by molar-refractivity contribution is 5.75. The Morgan fingerprint density at radius 1 is 1.38 bits per heavy atom. The van der Waals surface area contributed by atoms with Crippen molar-refractivity contribution < 1.29 is 23.8 Å². The first kappa shape index (κ1) is 10.5. The van der Waals surface area contributed by atoms with E-state index in [9.17, 15) is 9.59 Å². The van der Waals surface area contributed by atoms with Crippen LogP contribution in [0.3, 0.4) is 0 Å². The van der Waals surface area contributed by atoms with Gasteiger partial charge in [-0.2, -0.15) is 0 Å². The second-order valence-electron chi connectivity index (χ2n) is 3.27. The highest BCUT2D eigenvalue weighted by Crippen LogP contribution is 2.15. The molecule has 2 rings (SSSR count). The van der Waals surface area contributed by atoms with Gasteiger partial charge in [0.05, 0.1) is 0 Å². The first-order chi connectivity index (χ1) is 7.74. The highest BCUT2D eigenvalue weighted by Gasteiger charge is 2.32. The first-order valence-electron chi connectivity index (χ1n) is 4.81. The zero-order valence-electron chi connectivity index (χ0n) is 8.42. The summed E-state index contributed by atoms with van der Waals surface area (Å²) in [6.07, 6.45) is -1.52. The average molecular weight is 222 g/mol. The third kappa shape index (κ3) is 2.73. The van der Waals surface area contributed by atoms with Crippen LogP contribution < -0.4 is 0 Å². The van der Waals surface area contributed by atoms with E-state index in [1.54, 1.807) is 0 Å². The van der Waals surface area contributed by atoms with Crippen molar-refractivity contribution in [2.24, 2.45) is 0 Å². The van der Waals surface area contributed by atoms with Gasteiger partial charge in [0, 0.05) is 0 Å². The molecule has 5 heteroatoms. The van der Waals surface area contributed by atoms with Crippen LogP contribution in [0.5, 0.6) is 0 Å². The predicted octanol–water partition coefficient (Wildman–Crippen LogP) is 1.61. The molecule has 1 fully saturated rings. The normalized spacial score (nSPS) is 18.2. The molecule has 5 nitrogen and oxygen atoms in total. The van der Waals surface area contributed by atoms with Crippen molar-refractivity contribution in [3.8, 4) is 0 Å². The lowest BCUT2D eigenvalue weighted by Crippen LogP contribution is -2.36. The summed E-state index contributed by atoms with van der Waals surface area (Å²) in [4.78, 5) is 21.5. The van der Waals surface area contributed by atoms with Crippen molar-refractivity contribution in [3.05, 3.63) is 35.9 Å². The quantitative estimate of drug-likeness (QED) is 0.727. The molecule has 1 aromatic carbocycles. The Bertz CT molecular complexity index is 379. The standard InChI is InChI=1S/C11H10O5/c12-9-6-10(15-9)16-11(13)14-7-8-4-2-1-3-5-8/h1-5,10H,6-7H2. The van der Waals surface area contributed by atoms with Gasteiger partial charge in [-0.3, -0.25) is 4.79 Å². The Hall–Kier alpha value is -2.04. The minimum atomic E-state index is -0.832. The molecule has 0 amide bonds. The third-order valence-corrected chi connectivity index (χ3v) is 2.02. The zero-order valence-corrected chi connectivity index (χ0v) is 8.42. The molecule has 1 aliphatic heterocycles. The summed E-state index contributed by atoms with van der Waals surface area (Å²) in [6.45, 7) is 0.139. The molecule has 0 aromatic heterocycles. The summed E-state index contributed by atoms with van der Waals surface area (Å²) in [6, 6.07) is 9.22. The fourth-order valence-electron chi connectivity index (χ4n) is 1.20. The molecule has 0 aliphatic carbocycles. The van der Waals surface area contributed by atoms with E-state index in [-0.39, 0.29) is 19.0 Å². The molecule has 0 spiro atoms. The molecule has 0 saturated carbocycles. The van der Waals surface area contributed by atoms with Crippen LogP contribution in [0.25, 0.3) is 0 Å². The van der Waals surface area contributed by atoms with Crippen molar-refractivity contribution in [2.75, 3.05) is 0 Å². The summed E-state index contributed by atoms with van der Waals surface area (Å²) in [5, 5.41) is 0. The molecular weight excluding hydrogens is 212 g/mol. The Balaban J connectivity index is 1.70. The van der Waals surface area contributed by atoms with Gasteiger partial charge in [0.1, 0.15) is 13.0 Å². The van der Waals surface area contributed by atoms with Gasteiger partial charge in [-0.15, -0.1) is 0 Å². The molecule has 1 aromatic rings. The van der Waals surface area contributed by atoms with Gasteiger partial charge in [0.25, 0.3) is 6.29 Å². The largest absolute Gasteiger partial charge is 0.511 e. The van der Waals surface area contributed by atoms with Crippen molar-refractivity contribution in [2.45, 2.75) is 19.3 Å². The lowest BCUT2D eigenvalue weighted by Gasteiger charge is -2.24. The Morgan fingerprint density at radius 2 is 2.06 bits per heavy atom. The monoisotopic (exact) mass is 222 g/mol. The van der Waals surface area contributed by atoms with Gasteiger partial charge in [-0.05, 0) is 5.56 Å². The minimum Gasteiger partial charge on any atom is -0.429 e. The predicted molar refractivity (Wildman–Crippen MR) is 52.2 cm³/mol.